The second kappa shape index (κ2) is 7.52. The molecule has 0 fully saturated rings. The van der Waals surface area contributed by atoms with Gasteiger partial charge in [0.25, 0.3) is 5.91 Å². The summed E-state index contributed by atoms with van der Waals surface area (Å²) in [7, 11) is 0. The summed E-state index contributed by atoms with van der Waals surface area (Å²) in [5.74, 6) is 0.676. The third-order valence-electron chi connectivity index (χ3n) is 4.60. The standard InChI is InChI=1S/C21H19ClN6O/c1-13(2)27-12-24-26-21(27)16-4-3-5-19(25-16)28-17(10-11-18(28)20(23)29)14-6-8-15(22)9-7-14/h3-13H,1-2H3,(H2,23,29). The summed E-state index contributed by atoms with van der Waals surface area (Å²) in [4.78, 5) is 16.8. The Hall–Kier alpha value is -3.45. The molecule has 0 bridgehead atoms. The van der Waals surface area contributed by atoms with Gasteiger partial charge in [-0.3, -0.25) is 9.36 Å². The van der Waals surface area contributed by atoms with Crippen molar-refractivity contribution in [2.45, 2.75) is 19.9 Å². The molecular formula is C21H19ClN6O. The molecule has 2 N–H and O–H groups in total. The molecule has 0 atom stereocenters. The minimum atomic E-state index is -0.539. The van der Waals surface area contributed by atoms with Crippen LogP contribution in [0, 0.1) is 0 Å². The van der Waals surface area contributed by atoms with E-state index in [1.807, 2.05) is 54.8 Å². The SMILES string of the molecule is CC(C)n1cnnc1-c1cccc(-n2c(C(N)=O)ccc2-c2ccc(Cl)cc2)n1. The quantitative estimate of drug-likeness (QED) is 0.539. The normalized spacial score (nSPS) is 11.2. The number of benzene rings is 1. The highest BCUT2D eigenvalue weighted by molar-refractivity contribution is 6.30. The van der Waals surface area contributed by atoms with Crippen LogP contribution in [0.1, 0.15) is 30.4 Å². The number of carbonyl (C=O) groups is 1. The number of amides is 1. The van der Waals surface area contributed by atoms with Crippen molar-refractivity contribution in [3.63, 3.8) is 0 Å². The summed E-state index contributed by atoms with van der Waals surface area (Å²) < 4.78 is 3.68. The Kier molecular flexibility index (Phi) is 4.90. The molecule has 0 aliphatic rings. The number of primary amides is 1. The van der Waals surface area contributed by atoms with E-state index in [2.05, 4.69) is 10.2 Å². The van der Waals surface area contributed by atoms with E-state index in [0.29, 0.717) is 28.1 Å². The zero-order valence-corrected chi connectivity index (χ0v) is 16.7. The second-order valence-corrected chi connectivity index (χ2v) is 7.28. The molecule has 8 heteroatoms. The van der Waals surface area contributed by atoms with Gasteiger partial charge in [-0.15, -0.1) is 10.2 Å². The molecule has 0 aliphatic carbocycles. The van der Waals surface area contributed by atoms with E-state index >= 15 is 0 Å². The number of nitrogens with two attached hydrogens (primary N) is 1. The van der Waals surface area contributed by atoms with E-state index in [4.69, 9.17) is 22.3 Å². The van der Waals surface area contributed by atoms with Crippen molar-refractivity contribution in [1.29, 1.82) is 0 Å². The molecule has 1 aromatic carbocycles. The first kappa shape index (κ1) is 18.9. The molecule has 0 saturated carbocycles. The lowest BCUT2D eigenvalue weighted by Gasteiger charge is -2.14. The lowest BCUT2D eigenvalue weighted by Crippen LogP contribution is -2.17. The first-order chi connectivity index (χ1) is 14.0. The summed E-state index contributed by atoms with van der Waals surface area (Å²) in [5.41, 5.74) is 8.29. The Labute approximate surface area is 172 Å². The molecule has 0 unspecified atom stereocenters. The molecule has 0 aliphatic heterocycles. The Morgan fingerprint density at radius 1 is 1.07 bits per heavy atom. The van der Waals surface area contributed by atoms with E-state index < -0.39 is 5.91 Å². The molecule has 4 aromatic rings. The van der Waals surface area contributed by atoms with Gasteiger partial charge in [-0.05, 0) is 55.8 Å². The summed E-state index contributed by atoms with van der Waals surface area (Å²) >= 11 is 6.02. The van der Waals surface area contributed by atoms with Crippen LogP contribution in [0.25, 0.3) is 28.6 Å². The number of rotatable bonds is 5. The van der Waals surface area contributed by atoms with Crippen LogP contribution in [-0.2, 0) is 0 Å². The van der Waals surface area contributed by atoms with E-state index in [1.165, 1.54) is 0 Å². The van der Waals surface area contributed by atoms with E-state index in [1.54, 1.807) is 29.1 Å². The Morgan fingerprint density at radius 3 is 2.52 bits per heavy atom. The van der Waals surface area contributed by atoms with E-state index in [-0.39, 0.29) is 6.04 Å². The van der Waals surface area contributed by atoms with Crippen LogP contribution < -0.4 is 5.73 Å². The lowest BCUT2D eigenvalue weighted by atomic mass is 10.1. The molecule has 0 radical (unpaired) electrons. The highest BCUT2D eigenvalue weighted by atomic mass is 35.5. The van der Waals surface area contributed by atoms with Crippen molar-refractivity contribution in [3.05, 3.63) is 71.6 Å². The predicted octanol–water partition coefficient (Wildman–Crippen LogP) is 4.13. The van der Waals surface area contributed by atoms with Gasteiger partial charge in [-0.1, -0.05) is 29.8 Å². The summed E-state index contributed by atoms with van der Waals surface area (Å²) in [6.07, 6.45) is 1.68. The molecule has 7 nitrogen and oxygen atoms in total. The van der Waals surface area contributed by atoms with Crippen LogP contribution >= 0.6 is 11.6 Å². The fourth-order valence-corrected chi connectivity index (χ4v) is 3.32. The van der Waals surface area contributed by atoms with Gasteiger partial charge >= 0.3 is 0 Å². The number of hydrogen-bond donors (Lipinski definition) is 1. The number of carbonyl (C=O) groups excluding carboxylic acids is 1. The van der Waals surface area contributed by atoms with Crippen LogP contribution in [0.2, 0.25) is 5.02 Å². The van der Waals surface area contributed by atoms with Gasteiger partial charge in [0.2, 0.25) is 0 Å². The number of pyridine rings is 1. The minimum absolute atomic E-state index is 0.183. The smallest absolute Gasteiger partial charge is 0.265 e. The Bertz CT molecular complexity index is 1180. The van der Waals surface area contributed by atoms with Crippen molar-refractivity contribution in [3.8, 4) is 28.6 Å². The van der Waals surface area contributed by atoms with Gasteiger partial charge in [-0.25, -0.2) is 4.98 Å². The van der Waals surface area contributed by atoms with Crippen LogP contribution in [-0.4, -0.2) is 30.2 Å². The predicted molar refractivity (Wildman–Crippen MR) is 112 cm³/mol. The van der Waals surface area contributed by atoms with Gasteiger partial charge < -0.3 is 10.3 Å². The fraction of sp³-hybridized carbons (Fsp3) is 0.143. The van der Waals surface area contributed by atoms with E-state index in [0.717, 1.165) is 11.3 Å². The van der Waals surface area contributed by atoms with Gasteiger partial charge in [0.1, 0.15) is 23.5 Å². The number of hydrogen-bond acceptors (Lipinski definition) is 4. The largest absolute Gasteiger partial charge is 0.364 e. The van der Waals surface area contributed by atoms with Gasteiger partial charge in [0.05, 0.1) is 5.69 Å². The summed E-state index contributed by atoms with van der Waals surface area (Å²) in [6, 6.07) is 16.6. The van der Waals surface area contributed by atoms with Crippen molar-refractivity contribution in [1.82, 2.24) is 24.3 Å². The molecule has 3 heterocycles. The summed E-state index contributed by atoms with van der Waals surface area (Å²) in [5, 5.41) is 8.86. The van der Waals surface area contributed by atoms with Crippen molar-refractivity contribution < 1.29 is 4.79 Å². The zero-order valence-electron chi connectivity index (χ0n) is 16.0. The van der Waals surface area contributed by atoms with Gasteiger partial charge in [0, 0.05) is 11.1 Å². The van der Waals surface area contributed by atoms with Crippen molar-refractivity contribution >= 4 is 17.5 Å². The molecule has 0 saturated heterocycles. The average molecular weight is 407 g/mol. The lowest BCUT2D eigenvalue weighted by molar-refractivity contribution is 0.0994. The van der Waals surface area contributed by atoms with Gasteiger partial charge in [-0.2, -0.15) is 0 Å². The van der Waals surface area contributed by atoms with Gasteiger partial charge in [0.15, 0.2) is 5.82 Å². The van der Waals surface area contributed by atoms with Crippen LogP contribution in [0.15, 0.2) is 60.9 Å². The first-order valence-corrected chi connectivity index (χ1v) is 9.48. The molecule has 3 aromatic heterocycles. The maximum Gasteiger partial charge on any atom is 0.265 e. The molecule has 4 rings (SSSR count). The third-order valence-corrected chi connectivity index (χ3v) is 4.85. The van der Waals surface area contributed by atoms with Crippen LogP contribution in [0.5, 0.6) is 0 Å². The molecule has 0 spiro atoms. The third kappa shape index (κ3) is 3.52. The maximum atomic E-state index is 12.1. The number of halogens is 1. The number of aromatic nitrogens is 5. The minimum Gasteiger partial charge on any atom is -0.364 e. The van der Waals surface area contributed by atoms with Crippen LogP contribution in [0.3, 0.4) is 0 Å². The molecular weight excluding hydrogens is 388 g/mol. The number of nitrogens with zero attached hydrogens (tertiary/aromatic N) is 5. The highest BCUT2D eigenvalue weighted by Crippen LogP contribution is 2.28. The molecule has 1 amide bonds. The van der Waals surface area contributed by atoms with Crippen molar-refractivity contribution in [2.24, 2.45) is 5.73 Å². The monoisotopic (exact) mass is 406 g/mol. The summed E-state index contributed by atoms with van der Waals surface area (Å²) in [6.45, 7) is 4.10. The molecule has 29 heavy (non-hydrogen) atoms. The van der Waals surface area contributed by atoms with Crippen molar-refractivity contribution in [2.75, 3.05) is 0 Å². The topological polar surface area (TPSA) is 91.6 Å². The zero-order chi connectivity index (χ0) is 20.5. The Morgan fingerprint density at radius 2 is 1.83 bits per heavy atom. The first-order valence-electron chi connectivity index (χ1n) is 9.10. The maximum absolute atomic E-state index is 12.1. The average Bonchev–Trinajstić information content (AvgIpc) is 3.36. The fourth-order valence-electron chi connectivity index (χ4n) is 3.20. The van der Waals surface area contributed by atoms with Crippen LogP contribution in [0.4, 0.5) is 0 Å². The molecule has 146 valence electrons. The van der Waals surface area contributed by atoms with E-state index in [9.17, 15) is 4.79 Å². The second-order valence-electron chi connectivity index (χ2n) is 6.85. The Balaban J connectivity index is 1.89. The highest BCUT2D eigenvalue weighted by Gasteiger charge is 2.18.